The molecule has 1 unspecified atom stereocenters. The molecule has 5 nitrogen and oxygen atoms in total. The first-order chi connectivity index (χ1) is 8.15. The second-order valence-electron chi connectivity index (χ2n) is 3.88. The number of carbonyl (C=O) groups is 2. The molecule has 1 aromatic rings. The van der Waals surface area contributed by atoms with Crippen LogP contribution in [0.5, 0.6) is 0 Å². The van der Waals surface area contributed by atoms with Gasteiger partial charge in [-0.1, -0.05) is 6.07 Å². The molecule has 0 bridgehead atoms. The Morgan fingerprint density at radius 1 is 1.65 bits per heavy atom. The first-order valence-electron chi connectivity index (χ1n) is 5.43. The molecule has 1 N–H and O–H groups in total. The van der Waals surface area contributed by atoms with Gasteiger partial charge >= 0.3 is 5.97 Å². The van der Waals surface area contributed by atoms with E-state index in [-0.39, 0.29) is 6.29 Å². The van der Waals surface area contributed by atoms with E-state index in [1.165, 1.54) is 24.9 Å². The fourth-order valence-corrected chi connectivity index (χ4v) is 1.90. The van der Waals surface area contributed by atoms with Crippen molar-refractivity contribution in [2.24, 2.45) is 0 Å². The van der Waals surface area contributed by atoms with Crippen LogP contribution in [-0.4, -0.2) is 40.8 Å². The summed E-state index contributed by atoms with van der Waals surface area (Å²) >= 11 is 0. The summed E-state index contributed by atoms with van der Waals surface area (Å²) in [7, 11) is 2.19. The molecule has 1 aliphatic rings. The Balaban J connectivity index is 0.000000249. The van der Waals surface area contributed by atoms with Crippen molar-refractivity contribution in [1.82, 2.24) is 9.88 Å². The third-order valence-corrected chi connectivity index (χ3v) is 2.69. The van der Waals surface area contributed by atoms with E-state index in [4.69, 9.17) is 14.7 Å². The van der Waals surface area contributed by atoms with Crippen LogP contribution in [0.15, 0.2) is 24.5 Å². The van der Waals surface area contributed by atoms with E-state index in [0.29, 0.717) is 6.04 Å². The highest BCUT2D eigenvalue weighted by Crippen LogP contribution is 2.29. The van der Waals surface area contributed by atoms with E-state index < -0.39 is 5.97 Å². The number of hydrogen-bond acceptors (Lipinski definition) is 4. The standard InChI is InChI=1S/C10H14N2.C2H2O3/c1-12-7-3-5-10(12)9-4-2-6-11-8-9;3-1-2(4)5/h2,4,6,8,10H,3,5,7H2,1H3;1H,(H,4,5). The summed E-state index contributed by atoms with van der Waals surface area (Å²) in [4.78, 5) is 24.4. The number of nitrogens with zero attached hydrogens (tertiary/aromatic N) is 2. The fourth-order valence-electron chi connectivity index (χ4n) is 1.90. The van der Waals surface area contributed by atoms with E-state index in [9.17, 15) is 0 Å². The second-order valence-corrected chi connectivity index (χ2v) is 3.88. The van der Waals surface area contributed by atoms with Crippen molar-refractivity contribution in [1.29, 1.82) is 0 Å². The maximum absolute atomic E-state index is 9.00. The van der Waals surface area contributed by atoms with E-state index in [1.807, 2.05) is 18.5 Å². The van der Waals surface area contributed by atoms with Gasteiger partial charge in [-0.2, -0.15) is 0 Å². The van der Waals surface area contributed by atoms with E-state index >= 15 is 0 Å². The van der Waals surface area contributed by atoms with Gasteiger partial charge in [-0.05, 0) is 38.1 Å². The van der Waals surface area contributed by atoms with Crippen molar-refractivity contribution < 1.29 is 14.7 Å². The quantitative estimate of drug-likeness (QED) is 0.615. The molecule has 1 fully saturated rings. The smallest absolute Gasteiger partial charge is 0.368 e. The SMILES string of the molecule is CN1CCCC1c1cccnc1.O=CC(=O)O. The molecule has 2 rings (SSSR count). The van der Waals surface area contributed by atoms with Crippen molar-refractivity contribution in [3.05, 3.63) is 30.1 Å². The first-order valence-corrected chi connectivity index (χ1v) is 5.43. The third kappa shape index (κ3) is 4.32. The highest BCUT2D eigenvalue weighted by molar-refractivity contribution is 6.19. The van der Waals surface area contributed by atoms with E-state index in [2.05, 4.69) is 23.0 Å². The minimum atomic E-state index is -1.43. The number of aldehydes is 1. The van der Waals surface area contributed by atoms with Gasteiger partial charge in [0.15, 0.2) is 0 Å². The predicted octanol–water partition coefficient (Wildman–Crippen LogP) is 1.12. The van der Waals surface area contributed by atoms with Gasteiger partial charge in [0.2, 0.25) is 6.29 Å². The Bertz CT molecular complexity index is 367. The van der Waals surface area contributed by atoms with Gasteiger partial charge in [0.25, 0.3) is 0 Å². The van der Waals surface area contributed by atoms with Crippen LogP contribution in [0.3, 0.4) is 0 Å². The number of aromatic nitrogens is 1. The summed E-state index contributed by atoms with van der Waals surface area (Å²) < 4.78 is 0. The number of pyridine rings is 1. The number of likely N-dealkylation sites (tertiary alicyclic amines) is 1. The van der Waals surface area contributed by atoms with Gasteiger partial charge < -0.3 is 5.11 Å². The van der Waals surface area contributed by atoms with Gasteiger partial charge in [0, 0.05) is 18.4 Å². The molecular formula is C12H16N2O3. The molecule has 0 amide bonds. The van der Waals surface area contributed by atoms with Gasteiger partial charge in [0.1, 0.15) is 0 Å². The van der Waals surface area contributed by atoms with Crippen LogP contribution in [0.25, 0.3) is 0 Å². The number of hydrogen-bond donors (Lipinski definition) is 1. The Morgan fingerprint density at radius 2 is 2.35 bits per heavy atom. The van der Waals surface area contributed by atoms with Gasteiger partial charge in [-0.25, -0.2) is 4.79 Å². The van der Waals surface area contributed by atoms with Crippen molar-refractivity contribution in [2.75, 3.05) is 13.6 Å². The molecule has 1 atom stereocenters. The minimum Gasteiger partial charge on any atom is -0.476 e. The Hall–Kier alpha value is -1.75. The van der Waals surface area contributed by atoms with Crippen LogP contribution in [0.4, 0.5) is 0 Å². The van der Waals surface area contributed by atoms with Crippen molar-refractivity contribution in [3.8, 4) is 0 Å². The average Bonchev–Trinajstić information content (AvgIpc) is 2.77. The second kappa shape index (κ2) is 6.75. The largest absolute Gasteiger partial charge is 0.476 e. The lowest BCUT2D eigenvalue weighted by atomic mass is 10.1. The van der Waals surface area contributed by atoms with Crippen LogP contribution in [-0.2, 0) is 9.59 Å². The zero-order chi connectivity index (χ0) is 12.7. The van der Waals surface area contributed by atoms with Gasteiger partial charge in [0.05, 0.1) is 0 Å². The molecule has 0 aliphatic carbocycles. The summed E-state index contributed by atoms with van der Waals surface area (Å²) in [5, 5.41) is 7.35. The fraction of sp³-hybridized carbons (Fsp3) is 0.417. The van der Waals surface area contributed by atoms with E-state index in [1.54, 1.807) is 0 Å². The monoisotopic (exact) mass is 236 g/mol. The maximum atomic E-state index is 9.00. The Morgan fingerprint density at radius 3 is 2.76 bits per heavy atom. The van der Waals surface area contributed by atoms with Crippen molar-refractivity contribution in [2.45, 2.75) is 18.9 Å². The number of rotatable bonds is 2. The lowest BCUT2D eigenvalue weighted by Crippen LogP contribution is -2.17. The topological polar surface area (TPSA) is 70.5 Å². The molecule has 0 aromatic carbocycles. The van der Waals surface area contributed by atoms with Crippen LogP contribution >= 0.6 is 0 Å². The molecule has 0 radical (unpaired) electrons. The summed E-state index contributed by atoms with van der Waals surface area (Å²) in [5.74, 6) is -1.43. The lowest BCUT2D eigenvalue weighted by Gasteiger charge is -2.18. The number of carboxylic acid groups (broad SMARTS) is 1. The molecule has 2 heterocycles. The zero-order valence-electron chi connectivity index (χ0n) is 9.74. The van der Waals surface area contributed by atoms with Gasteiger partial charge in [-0.3, -0.25) is 14.7 Å². The third-order valence-electron chi connectivity index (χ3n) is 2.69. The summed E-state index contributed by atoms with van der Waals surface area (Å²) in [6.07, 6.45) is 6.24. The Labute approximate surface area is 100 Å². The number of carbonyl (C=O) groups excluding carboxylic acids is 1. The molecule has 1 saturated heterocycles. The summed E-state index contributed by atoms with van der Waals surface area (Å²) in [6, 6.07) is 4.79. The molecule has 0 saturated carbocycles. The van der Waals surface area contributed by atoms with Crippen molar-refractivity contribution >= 4 is 12.3 Å². The van der Waals surface area contributed by atoms with Crippen LogP contribution in [0, 0.1) is 0 Å². The highest BCUT2D eigenvalue weighted by atomic mass is 16.4. The predicted molar refractivity (Wildman–Crippen MR) is 62.5 cm³/mol. The summed E-state index contributed by atoms with van der Waals surface area (Å²) in [6.45, 7) is 1.22. The first kappa shape index (κ1) is 13.3. The number of aliphatic carboxylic acids is 1. The zero-order valence-corrected chi connectivity index (χ0v) is 9.74. The molecule has 1 aliphatic heterocycles. The van der Waals surface area contributed by atoms with Crippen LogP contribution in [0.2, 0.25) is 0 Å². The van der Waals surface area contributed by atoms with Gasteiger partial charge in [-0.15, -0.1) is 0 Å². The van der Waals surface area contributed by atoms with E-state index in [0.717, 1.165) is 0 Å². The van der Waals surface area contributed by atoms with Crippen LogP contribution < -0.4 is 0 Å². The summed E-state index contributed by atoms with van der Waals surface area (Å²) in [5.41, 5.74) is 1.36. The molecule has 1 aromatic heterocycles. The molecule has 5 heteroatoms. The average molecular weight is 236 g/mol. The molecule has 92 valence electrons. The van der Waals surface area contributed by atoms with Crippen molar-refractivity contribution in [3.63, 3.8) is 0 Å². The molecular weight excluding hydrogens is 220 g/mol. The minimum absolute atomic E-state index is 0.167. The lowest BCUT2D eigenvalue weighted by molar-refractivity contribution is -0.143. The molecule has 17 heavy (non-hydrogen) atoms. The Kier molecular flexibility index (Phi) is 5.29. The number of carboxylic acids is 1. The van der Waals surface area contributed by atoms with Crippen LogP contribution in [0.1, 0.15) is 24.4 Å². The highest BCUT2D eigenvalue weighted by Gasteiger charge is 2.21. The molecule has 0 spiro atoms. The maximum Gasteiger partial charge on any atom is 0.368 e. The normalized spacial score (nSPS) is 19.2.